The zero-order valence-corrected chi connectivity index (χ0v) is 12.9. The average molecular weight is 306 g/mol. The van der Waals surface area contributed by atoms with Gasteiger partial charge in [0.1, 0.15) is 0 Å². The highest BCUT2D eigenvalue weighted by atomic mass is 16.7. The van der Waals surface area contributed by atoms with Crippen LogP contribution in [0.2, 0.25) is 0 Å². The molecule has 7 heteroatoms. The molecule has 2 aliphatic heterocycles. The molecular weight excluding hydrogens is 284 g/mol. The van der Waals surface area contributed by atoms with Gasteiger partial charge < -0.3 is 19.7 Å². The molecule has 0 aromatic carbocycles. The second-order valence-corrected chi connectivity index (χ2v) is 5.62. The van der Waals surface area contributed by atoms with Gasteiger partial charge in [-0.25, -0.2) is 9.97 Å². The second kappa shape index (κ2) is 6.58. The molecule has 1 aromatic heterocycles. The van der Waals surface area contributed by atoms with Crippen LogP contribution in [0.25, 0.3) is 0 Å². The lowest BCUT2D eigenvalue weighted by Crippen LogP contribution is -2.45. The number of hydrogen-bond donors (Lipinski definition) is 1. The van der Waals surface area contributed by atoms with Crippen molar-refractivity contribution in [2.24, 2.45) is 0 Å². The fourth-order valence-corrected chi connectivity index (χ4v) is 2.78. The van der Waals surface area contributed by atoms with Gasteiger partial charge in [-0.1, -0.05) is 6.92 Å². The van der Waals surface area contributed by atoms with Crippen molar-refractivity contribution in [3.05, 3.63) is 18.0 Å². The smallest absolute Gasteiger partial charge is 0.254 e. The van der Waals surface area contributed by atoms with E-state index in [1.54, 1.807) is 12.4 Å². The predicted molar refractivity (Wildman–Crippen MR) is 80.7 cm³/mol. The lowest BCUT2D eigenvalue weighted by molar-refractivity contribution is -0.169. The third kappa shape index (κ3) is 3.20. The van der Waals surface area contributed by atoms with Crippen molar-refractivity contribution in [1.82, 2.24) is 15.3 Å². The van der Waals surface area contributed by atoms with Crippen molar-refractivity contribution in [3.8, 4) is 0 Å². The monoisotopic (exact) mass is 306 g/mol. The summed E-state index contributed by atoms with van der Waals surface area (Å²) in [6.45, 7) is 5.62. The fourth-order valence-electron chi connectivity index (χ4n) is 2.78. The quantitative estimate of drug-likeness (QED) is 0.893. The summed E-state index contributed by atoms with van der Waals surface area (Å²) in [4.78, 5) is 22.6. The number of carbonyl (C=O) groups is 1. The van der Waals surface area contributed by atoms with Crippen molar-refractivity contribution in [2.45, 2.75) is 32.0 Å². The Bertz CT molecular complexity index is 504. The molecule has 120 valence electrons. The molecule has 0 atom stereocenters. The minimum Gasteiger partial charge on any atom is -0.352 e. The Kier molecular flexibility index (Phi) is 4.54. The predicted octanol–water partition coefficient (Wildman–Crippen LogP) is 0.960. The number of amides is 1. The molecule has 0 unspecified atom stereocenters. The summed E-state index contributed by atoms with van der Waals surface area (Å²) in [6.07, 6.45) is 5.70. The van der Waals surface area contributed by atoms with Gasteiger partial charge in [-0.2, -0.15) is 0 Å². The van der Waals surface area contributed by atoms with Gasteiger partial charge in [0.25, 0.3) is 5.91 Å². The highest BCUT2D eigenvalue weighted by Crippen LogP contribution is 2.32. The van der Waals surface area contributed by atoms with Gasteiger partial charge in [0.2, 0.25) is 5.95 Å². The Hall–Kier alpha value is -1.73. The molecular formula is C15H22N4O3. The third-order valence-corrected chi connectivity index (χ3v) is 4.06. The number of nitrogens with one attached hydrogen (secondary N) is 1. The summed E-state index contributed by atoms with van der Waals surface area (Å²) in [5, 5.41) is 2.81. The molecule has 2 saturated heterocycles. The van der Waals surface area contributed by atoms with Crippen LogP contribution in [0.1, 0.15) is 36.5 Å². The zero-order chi connectivity index (χ0) is 15.4. The Morgan fingerprint density at radius 1 is 1.27 bits per heavy atom. The van der Waals surface area contributed by atoms with E-state index in [1.165, 1.54) is 0 Å². The molecule has 0 aliphatic carbocycles. The maximum Gasteiger partial charge on any atom is 0.254 e. The van der Waals surface area contributed by atoms with Crippen LogP contribution < -0.4 is 10.2 Å². The van der Waals surface area contributed by atoms with Crippen molar-refractivity contribution in [2.75, 3.05) is 37.7 Å². The third-order valence-electron chi connectivity index (χ3n) is 4.06. The van der Waals surface area contributed by atoms with Gasteiger partial charge in [-0.15, -0.1) is 0 Å². The van der Waals surface area contributed by atoms with Crippen LogP contribution in [0.3, 0.4) is 0 Å². The summed E-state index contributed by atoms with van der Waals surface area (Å²) < 4.78 is 11.4. The lowest BCUT2D eigenvalue weighted by atomic mass is 10.0. The van der Waals surface area contributed by atoms with E-state index in [-0.39, 0.29) is 5.91 Å². The van der Waals surface area contributed by atoms with Crippen molar-refractivity contribution < 1.29 is 14.3 Å². The first-order valence-electron chi connectivity index (χ1n) is 7.85. The Morgan fingerprint density at radius 3 is 2.50 bits per heavy atom. The Balaban J connectivity index is 1.58. The molecule has 1 spiro atoms. The van der Waals surface area contributed by atoms with Crippen LogP contribution in [0.4, 0.5) is 5.95 Å². The SMILES string of the molecule is CCCNC(=O)c1cnc(N2CCC3(CC2)OCCO3)nc1. The number of anilines is 1. The van der Waals surface area contributed by atoms with Crippen LogP contribution >= 0.6 is 0 Å². The first-order valence-corrected chi connectivity index (χ1v) is 7.85. The van der Waals surface area contributed by atoms with E-state index < -0.39 is 5.79 Å². The Morgan fingerprint density at radius 2 is 1.91 bits per heavy atom. The molecule has 7 nitrogen and oxygen atoms in total. The number of piperidine rings is 1. The van der Waals surface area contributed by atoms with Gasteiger partial charge in [-0.05, 0) is 6.42 Å². The molecule has 0 bridgehead atoms. The van der Waals surface area contributed by atoms with E-state index in [1.807, 2.05) is 6.92 Å². The molecule has 1 amide bonds. The van der Waals surface area contributed by atoms with Crippen LogP contribution in [-0.2, 0) is 9.47 Å². The van der Waals surface area contributed by atoms with Gasteiger partial charge in [-0.3, -0.25) is 4.79 Å². The maximum atomic E-state index is 11.8. The van der Waals surface area contributed by atoms with Gasteiger partial charge in [0.05, 0.1) is 18.8 Å². The summed E-state index contributed by atoms with van der Waals surface area (Å²) in [5.74, 6) is 0.134. The molecule has 22 heavy (non-hydrogen) atoms. The van der Waals surface area contributed by atoms with Crippen LogP contribution in [0, 0.1) is 0 Å². The molecule has 3 rings (SSSR count). The standard InChI is InChI=1S/C15H22N4O3/c1-2-5-16-13(20)12-10-17-14(18-11-12)19-6-3-15(4-7-19)21-8-9-22-15/h10-11H,2-9H2,1H3,(H,16,20). The zero-order valence-electron chi connectivity index (χ0n) is 12.9. The first kappa shape index (κ1) is 15.2. The summed E-state index contributed by atoms with van der Waals surface area (Å²) >= 11 is 0. The molecule has 3 heterocycles. The van der Waals surface area contributed by atoms with Crippen molar-refractivity contribution >= 4 is 11.9 Å². The first-order chi connectivity index (χ1) is 10.7. The lowest BCUT2D eigenvalue weighted by Gasteiger charge is -2.37. The largest absolute Gasteiger partial charge is 0.352 e. The Labute approximate surface area is 130 Å². The maximum absolute atomic E-state index is 11.8. The number of ether oxygens (including phenoxy) is 2. The number of carbonyl (C=O) groups excluding carboxylic acids is 1. The van der Waals surface area contributed by atoms with E-state index in [0.717, 1.165) is 32.4 Å². The average Bonchev–Trinajstić information content (AvgIpc) is 3.02. The van der Waals surface area contributed by atoms with E-state index in [0.29, 0.717) is 31.3 Å². The van der Waals surface area contributed by atoms with E-state index >= 15 is 0 Å². The highest BCUT2D eigenvalue weighted by molar-refractivity contribution is 5.93. The summed E-state index contributed by atoms with van der Waals surface area (Å²) in [5.41, 5.74) is 0.494. The highest BCUT2D eigenvalue weighted by Gasteiger charge is 2.40. The minimum atomic E-state index is -0.392. The van der Waals surface area contributed by atoms with Gasteiger partial charge >= 0.3 is 0 Å². The summed E-state index contributed by atoms with van der Waals surface area (Å²) in [7, 11) is 0. The molecule has 0 radical (unpaired) electrons. The fraction of sp³-hybridized carbons (Fsp3) is 0.667. The number of aromatic nitrogens is 2. The van der Waals surface area contributed by atoms with E-state index in [2.05, 4.69) is 20.2 Å². The number of nitrogens with zero attached hydrogens (tertiary/aromatic N) is 3. The number of rotatable bonds is 4. The van der Waals surface area contributed by atoms with E-state index in [4.69, 9.17) is 9.47 Å². The van der Waals surface area contributed by atoms with Crippen LogP contribution in [0.5, 0.6) is 0 Å². The van der Waals surface area contributed by atoms with Crippen LogP contribution in [-0.4, -0.2) is 54.5 Å². The topological polar surface area (TPSA) is 76.6 Å². The molecule has 2 aliphatic rings. The van der Waals surface area contributed by atoms with Crippen molar-refractivity contribution in [1.29, 1.82) is 0 Å². The summed E-state index contributed by atoms with van der Waals surface area (Å²) in [6, 6.07) is 0. The number of hydrogen-bond acceptors (Lipinski definition) is 6. The molecule has 0 saturated carbocycles. The van der Waals surface area contributed by atoms with Gasteiger partial charge in [0, 0.05) is 44.9 Å². The molecule has 2 fully saturated rings. The second-order valence-electron chi connectivity index (χ2n) is 5.62. The normalized spacial score (nSPS) is 20.3. The molecule has 1 aromatic rings. The minimum absolute atomic E-state index is 0.126. The van der Waals surface area contributed by atoms with E-state index in [9.17, 15) is 4.79 Å². The molecule has 1 N–H and O–H groups in total. The van der Waals surface area contributed by atoms with Crippen LogP contribution in [0.15, 0.2) is 12.4 Å². The van der Waals surface area contributed by atoms with Gasteiger partial charge in [0.15, 0.2) is 5.79 Å². The van der Waals surface area contributed by atoms with Crippen molar-refractivity contribution in [3.63, 3.8) is 0 Å².